The molecule has 0 bridgehead atoms. The van der Waals surface area contributed by atoms with Crippen LogP contribution in [-0.4, -0.2) is 16.6 Å². The SMILES string of the molecule is Cc1ccc(-c2nc(=S)c3c([nH]2)CCOC3)c(Br)c1. The maximum Gasteiger partial charge on any atom is 0.140 e. The minimum absolute atomic E-state index is 0.563. The van der Waals surface area contributed by atoms with E-state index >= 15 is 0 Å². The lowest BCUT2D eigenvalue weighted by molar-refractivity contribution is 0.108. The van der Waals surface area contributed by atoms with E-state index in [1.807, 2.05) is 0 Å². The highest BCUT2D eigenvalue weighted by atomic mass is 79.9. The summed E-state index contributed by atoms with van der Waals surface area (Å²) in [6, 6.07) is 6.20. The Balaban J connectivity index is 2.15. The molecule has 0 radical (unpaired) electrons. The fourth-order valence-corrected chi connectivity index (χ4v) is 3.15. The van der Waals surface area contributed by atoms with Gasteiger partial charge >= 0.3 is 0 Å². The molecule has 0 saturated heterocycles. The van der Waals surface area contributed by atoms with E-state index in [2.05, 4.69) is 51.0 Å². The van der Waals surface area contributed by atoms with Crippen LogP contribution < -0.4 is 0 Å². The van der Waals surface area contributed by atoms with Crippen molar-refractivity contribution in [2.75, 3.05) is 6.61 Å². The minimum atomic E-state index is 0.563. The molecule has 2 aromatic rings. The summed E-state index contributed by atoms with van der Waals surface area (Å²) < 4.78 is 7.09. The van der Waals surface area contributed by atoms with Crippen molar-refractivity contribution in [2.24, 2.45) is 0 Å². The highest BCUT2D eigenvalue weighted by Gasteiger charge is 2.15. The Morgan fingerprint density at radius 1 is 1.42 bits per heavy atom. The van der Waals surface area contributed by atoms with E-state index < -0.39 is 0 Å². The first-order chi connectivity index (χ1) is 9.15. The summed E-state index contributed by atoms with van der Waals surface area (Å²) in [4.78, 5) is 7.89. The van der Waals surface area contributed by atoms with Crippen LogP contribution in [0.25, 0.3) is 11.4 Å². The molecule has 0 fully saturated rings. The molecular weight excluding hydrogens is 324 g/mol. The Morgan fingerprint density at radius 3 is 3.05 bits per heavy atom. The molecule has 2 heterocycles. The number of benzene rings is 1. The van der Waals surface area contributed by atoms with Gasteiger partial charge in [-0.15, -0.1) is 0 Å². The van der Waals surface area contributed by atoms with Crippen LogP contribution in [0.15, 0.2) is 22.7 Å². The lowest BCUT2D eigenvalue weighted by Gasteiger charge is -2.17. The molecule has 0 unspecified atom stereocenters. The van der Waals surface area contributed by atoms with Gasteiger partial charge in [0, 0.05) is 27.7 Å². The molecule has 1 aliphatic heterocycles. The van der Waals surface area contributed by atoms with E-state index in [9.17, 15) is 0 Å². The largest absolute Gasteiger partial charge is 0.376 e. The van der Waals surface area contributed by atoms with Crippen LogP contribution in [0.1, 0.15) is 16.8 Å². The third-order valence-electron chi connectivity index (χ3n) is 3.23. The van der Waals surface area contributed by atoms with Crippen molar-refractivity contribution < 1.29 is 4.74 Å². The summed E-state index contributed by atoms with van der Waals surface area (Å²) in [5, 5.41) is 0. The number of ether oxygens (including phenoxy) is 1. The van der Waals surface area contributed by atoms with Gasteiger partial charge in [-0.1, -0.05) is 34.2 Å². The van der Waals surface area contributed by atoms with E-state index in [0.29, 0.717) is 11.2 Å². The molecule has 1 aliphatic rings. The Morgan fingerprint density at radius 2 is 2.26 bits per heavy atom. The molecule has 98 valence electrons. The van der Waals surface area contributed by atoms with E-state index in [-0.39, 0.29) is 0 Å². The van der Waals surface area contributed by atoms with Crippen LogP contribution >= 0.6 is 28.1 Å². The first kappa shape index (κ1) is 13.0. The number of halogens is 1. The van der Waals surface area contributed by atoms with Crippen LogP contribution in [0.5, 0.6) is 0 Å². The highest BCUT2D eigenvalue weighted by molar-refractivity contribution is 9.10. The molecule has 19 heavy (non-hydrogen) atoms. The smallest absolute Gasteiger partial charge is 0.140 e. The van der Waals surface area contributed by atoms with E-state index in [1.54, 1.807) is 0 Å². The maximum absolute atomic E-state index is 5.43. The number of nitrogens with one attached hydrogen (secondary N) is 1. The lowest BCUT2D eigenvalue weighted by Crippen LogP contribution is -2.14. The Kier molecular flexibility index (Phi) is 3.52. The van der Waals surface area contributed by atoms with Crippen molar-refractivity contribution in [1.82, 2.24) is 9.97 Å². The van der Waals surface area contributed by atoms with Gasteiger partial charge in [0.25, 0.3) is 0 Å². The number of aromatic nitrogens is 2. The van der Waals surface area contributed by atoms with Gasteiger partial charge < -0.3 is 9.72 Å². The van der Waals surface area contributed by atoms with Crippen molar-refractivity contribution in [3.63, 3.8) is 0 Å². The van der Waals surface area contributed by atoms with Crippen LogP contribution in [-0.2, 0) is 17.8 Å². The minimum Gasteiger partial charge on any atom is -0.376 e. The van der Waals surface area contributed by atoms with Gasteiger partial charge in [0.05, 0.1) is 13.2 Å². The Bertz CT molecular complexity index is 696. The van der Waals surface area contributed by atoms with Gasteiger partial charge in [-0.2, -0.15) is 0 Å². The van der Waals surface area contributed by atoms with Gasteiger partial charge in [-0.3, -0.25) is 0 Å². The number of H-pyrrole nitrogens is 1. The molecule has 0 amide bonds. The lowest BCUT2D eigenvalue weighted by atomic mass is 10.1. The summed E-state index contributed by atoms with van der Waals surface area (Å²) in [6.07, 6.45) is 0.859. The van der Waals surface area contributed by atoms with E-state index in [0.717, 1.165) is 40.1 Å². The Labute approximate surface area is 125 Å². The molecule has 0 atom stereocenters. The molecule has 1 aromatic heterocycles. The summed E-state index contributed by atoms with van der Waals surface area (Å²) in [5.41, 5.74) is 4.41. The summed E-state index contributed by atoms with van der Waals surface area (Å²) in [5.74, 6) is 0.817. The fourth-order valence-electron chi connectivity index (χ4n) is 2.19. The molecule has 1 N–H and O–H groups in total. The van der Waals surface area contributed by atoms with Gasteiger partial charge in [0.1, 0.15) is 10.5 Å². The number of nitrogens with zero attached hydrogens (tertiary/aromatic N) is 1. The number of aryl methyl sites for hydroxylation is 1. The van der Waals surface area contributed by atoms with Crippen molar-refractivity contribution in [3.05, 3.63) is 44.1 Å². The van der Waals surface area contributed by atoms with Gasteiger partial charge in [-0.25, -0.2) is 4.98 Å². The van der Waals surface area contributed by atoms with Crippen molar-refractivity contribution in [1.29, 1.82) is 0 Å². The van der Waals surface area contributed by atoms with E-state index in [1.165, 1.54) is 5.56 Å². The number of hydrogen-bond acceptors (Lipinski definition) is 3. The first-order valence-electron chi connectivity index (χ1n) is 6.11. The third kappa shape index (κ3) is 2.50. The molecule has 0 saturated carbocycles. The summed E-state index contributed by atoms with van der Waals surface area (Å²) >= 11 is 8.95. The quantitative estimate of drug-likeness (QED) is 0.801. The van der Waals surface area contributed by atoms with Crippen molar-refractivity contribution in [2.45, 2.75) is 20.0 Å². The zero-order chi connectivity index (χ0) is 13.4. The second kappa shape index (κ2) is 5.15. The summed E-state index contributed by atoms with van der Waals surface area (Å²) in [7, 11) is 0. The fraction of sp³-hybridized carbons (Fsp3) is 0.286. The van der Waals surface area contributed by atoms with Gasteiger partial charge in [-0.05, 0) is 24.6 Å². The van der Waals surface area contributed by atoms with Gasteiger partial charge in [0.2, 0.25) is 0 Å². The van der Waals surface area contributed by atoms with Crippen LogP contribution in [0.3, 0.4) is 0 Å². The Hall–Kier alpha value is -1.04. The molecule has 3 nitrogen and oxygen atoms in total. The monoisotopic (exact) mass is 336 g/mol. The standard InChI is InChI=1S/C14H13BrN2OS/c1-8-2-3-9(11(15)6-8)13-16-12-4-5-18-7-10(12)14(19)17-13/h2-3,6H,4-5,7H2,1H3,(H,16,17,19). The molecule has 5 heteroatoms. The topological polar surface area (TPSA) is 37.9 Å². The predicted molar refractivity (Wildman–Crippen MR) is 80.7 cm³/mol. The molecule has 0 aliphatic carbocycles. The second-order valence-electron chi connectivity index (χ2n) is 4.63. The molecule has 1 aromatic carbocycles. The van der Waals surface area contributed by atoms with Crippen LogP contribution in [0.4, 0.5) is 0 Å². The molecule has 3 rings (SSSR count). The van der Waals surface area contributed by atoms with Crippen LogP contribution in [0.2, 0.25) is 0 Å². The first-order valence-corrected chi connectivity index (χ1v) is 7.31. The van der Waals surface area contributed by atoms with Crippen molar-refractivity contribution >= 4 is 28.1 Å². The zero-order valence-corrected chi connectivity index (χ0v) is 12.9. The number of aromatic amines is 1. The molecule has 0 spiro atoms. The van der Waals surface area contributed by atoms with E-state index in [4.69, 9.17) is 17.0 Å². The number of rotatable bonds is 1. The van der Waals surface area contributed by atoms with Crippen molar-refractivity contribution in [3.8, 4) is 11.4 Å². The average Bonchev–Trinajstić information content (AvgIpc) is 2.38. The third-order valence-corrected chi connectivity index (χ3v) is 4.22. The number of fused-ring (bicyclic) bond motifs is 1. The normalized spacial score (nSPS) is 14.2. The summed E-state index contributed by atoms with van der Waals surface area (Å²) in [6.45, 7) is 3.36. The van der Waals surface area contributed by atoms with Gasteiger partial charge in [0.15, 0.2) is 0 Å². The average molecular weight is 337 g/mol. The predicted octanol–water partition coefficient (Wildman–Crippen LogP) is 3.95. The maximum atomic E-state index is 5.43. The molecular formula is C14H13BrN2OS. The number of hydrogen-bond donors (Lipinski definition) is 1. The van der Waals surface area contributed by atoms with Crippen LogP contribution in [0, 0.1) is 11.6 Å². The highest BCUT2D eigenvalue weighted by Crippen LogP contribution is 2.28. The second-order valence-corrected chi connectivity index (χ2v) is 5.87. The zero-order valence-electron chi connectivity index (χ0n) is 10.5.